The molecule has 1 aliphatic heterocycles. The first kappa shape index (κ1) is 11.3. The minimum Gasteiger partial charge on any atom is -0.486 e. The Morgan fingerprint density at radius 3 is 3.25 bits per heavy atom. The normalized spacial score (nSPS) is 18.9. The predicted octanol–water partition coefficient (Wildman–Crippen LogP) is 1.84. The second-order valence-corrected chi connectivity index (χ2v) is 3.72. The summed E-state index contributed by atoms with van der Waals surface area (Å²) in [6, 6.07) is 1.87. The third-order valence-corrected chi connectivity index (χ3v) is 2.34. The predicted molar refractivity (Wildman–Crippen MR) is 61.7 cm³/mol. The second kappa shape index (κ2) is 5.74. The lowest BCUT2D eigenvalue weighted by molar-refractivity contribution is 0.141. The molecule has 1 atom stereocenters. The fourth-order valence-electron chi connectivity index (χ4n) is 1.49. The van der Waals surface area contributed by atoms with Crippen molar-refractivity contribution in [2.75, 3.05) is 19.1 Å². The topological polar surface area (TPSA) is 31.4 Å². The molecule has 0 N–H and O–H groups in total. The van der Waals surface area contributed by atoms with Gasteiger partial charge in [-0.3, -0.25) is 4.98 Å². The van der Waals surface area contributed by atoms with E-state index in [0.717, 1.165) is 24.3 Å². The number of alkyl halides is 1. The third kappa shape index (κ3) is 3.13. The molecular weight excluding hydrogens is 226 g/mol. The van der Waals surface area contributed by atoms with Crippen molar-refractivity contribution in [1.82, 2.24) is 4.98 Å². The third-order valence-electron chi connectivity index (χ3n) is 2.20. The smallest absolute Gasteiger partial charge is 0.139 e. The summed E-state index contributed by atoms with van der Waals surface area (Å²) in [5.41, 5.74) is 0.817. The first-order valence-corrected chi connectivity index (χ1v) is 5.66. The molecule has 0 spiro atoms. The Hall–Kier alpha value is -1.24. The Kier molecular flexibility index (Phi) is 4.03. The summed E-state index contributed by atoms with van der Waals surface area (Å²) in [6.07, 6.45) is 4.44. The molecule has 84 valence electrons. The van der Waals surface area contributed by atoms with Crippen molar-refractivity contribution >= 4 is 11.6 Å². The molecule has 1 saturated heterocycles. The molecule has 0 aliphatic carbocycles. The summed E-state index contributed by atoms with van der Waals surface area (Å²) in [4.78, 5) is 4.07. The molecule has 1 fully saturated rings. The summed E-state index contributed by atoms with van der Waals surface area (Å²) >= 11 is 5.49. The van der Waals surface area contributed by atoms with Gasteiger partial charge in [-0.05, 0) is 6.07 Å². The molecule has 2 rings (SSSR count). The van der Waals surface area contributed by atoms with Crippen molar-refractivity contribution in [3.05, 3.63) is 24.0 Å². The molecule has 0 amide bonds. The lowest BCUT2D eigenvalue weighted by Gasteiger charge is -2.10. The zero-order chi connectivity index (χ0) is 11.2. The number of rotatable bonds is 2. The summed E-state index contributed by atoms with van der Waals surface area (Å²) in [5.74, 6) is 6.74. The van der Waals surface area contributed by atoms with E-state index >= 15 is 0 Å². The highest BCUT2D eigenvalue weighted by Gasteiger charge is 2.17. The van der Waals surface area contributed by atoms with E-state index in [1.165, 1.54) is 0 Å². The Balaban J connectivity index is 2.03. The second-order valence-electron chi connectivity index (χ2n) is 3.45. The molecule has 1 aliphatic rings. The van der Waals surface area contributed by atoms with E-state index in [2.05, 4.69) is 16.8 Å². The molecule has 1 aromatic heterocycles. The van der Waals surface area contributed by atoms with Crippen molar-refractivity contribution < 1.29 is 9.47 Å². The van der Waals surface area contributed by atoms with Gasteiger partial charge in [0.1, 0.15) is 11.9 Å². The van der Waals surface area contributed by atoms with E-state index in [1.54, 1.807) is 12.4 Å². The van der Waals surface area contributed by atoms with E-state index in [1.807, 2.05) is 6.07 Å². The van der Waals surface area contributed by atoms with E-state index in [4.69, 9.17) is 21.1 Å². The van der Waals surface area contributed by atoms with Crippen LogP contribution in [-0.4, -0.2) is 30.2 Å². The Bertz CT molecular complexity index is 405. The first-order chi connectivity index (χ1) is 7.88. The molecular formula is C12H12ClNO2. The Morgan fingerprint density at radius 2 is 2.50 bits per heavy atom. The molecule has 1 aromatic rings. The summed E-state index contributed by atoms with van der Waals surface area (Å²) < 4.78 is 10.9. The molecule has 16 heavy (non-hydrogen) atoms. The average molecular weight is 238 g/mol. The number of ether oxygens (including phenoxy) is 2. The maximum absolute atomic E-state index is 5.71. The van der Waals surface area contributed by atoms with Gasteiger partial charge in [-0.1, -0.05) is 11.8 Å². The first-order valence-electron chi connectivity index (χ1n) is 5.13. The molecule has 1 unspecified atom stereocenters. The molecule has 4 heteroatoms. The van der Waals surface area contributed by atoms with Crippen LogP contribution in [-0.2, 0) is 4.74 Å². The van der Waals surface area contributed by atoms with Gasteiger partial charge in [-0.15, -0.1) is 11.6 Å². The van der Waals surface area contributed by atoms with Crippen molar-refractivity contribution in [2.24, 2.45) is 0 Å². The highest BCUT2D eigenvalue weighted by atomic mass is 35.5. The van der Waals surface area contributed by atoms with Gasteiger partial charge in [0.15, 0.2) is 0 Å². The van der Waals surface area contributed by atoms with Crippen molar-refractivity contribution in [3.8, 4) is 17.6 Å². The lowest BCUT2D eigenvalue weighted by Crippen LogP contribution is -2.15. The quantitative estimate of drug-likeness (QED) is 0.581. The number of aromatic nitrogens is 1. The number of hydrogen-bond acceptors (Lipinski definition) is 3. The van der Waals surface area contributed by atoms with Crippen LogP contribution in [0.5, 0.6) is 5.75 Å². The van der Waals surface area contributed by atoms with Crippen LogP contribution in [0.2, 0.25) is 0 Å². The zero-order valence-corrected chi connectivity index (χ0v) is 9.54. The highest BCUT2D eigenvalue weighted by molar-refractivity contribution is 6.19. The summed E-state index contributed by atoms with van der Waals surface area (Å²) in [6.45, 7) is 1.42. The molecule has 2 heterocycles. The van der Waals surface area contributed by atoms with Gasteiger partial charge < -0.3 is 9.47 Å². The van der Waals surface area contributed by atoms with Gasteiger partial charge in [-0.2, -0.15) is 0 Å². The van der Waals surface area contributed by atoms with Crippen LogP contribution in [0, 0.1) is 11.8 Å². The molecule has 0 aromatic carbocycles. The van der Waals surface area contributed by atoms with Gasteiger partial charge >= 0.3 is 0 Å². The van der Waals surface area contributed by atoms with E-state index < -0.39 is 0 Å². The van der Waals surface area contributed by atoms with Gasteiger partial charge in [0.25, 0.3) is 0 Å². The zero-order valence-electron chi connectivity index (χ0n) is 8.78. The van der Waals surface area contributed by atoms with Gasteiger partial charge in [0.05, 0.1) is 25.3 Å². The van der Waals surface area contributed by atoms with Crippen LogP contribution in [0.3, 0.4) is 0 Å². The van der Waals surface area contributed by atoms with Crippen LogP contribution in [0.15, 0.2) is 18.5 Å². The van der Waals surface area contributed by atoms with Crippen molar-refractivity contribution in [2.45, 2.75) is 12.5 Å². The maximum Gasteiger partial charge on any atom is 0.139 e. The summed E-state index contributed by atoms with van der Waals surface area (Å²) in [5, 5.41) is 0. The highest BCUT2D eigenvalue weighted by Crippen LogP contribution is 2.16. The molecule has 0 bridgehead atoms. The van der Waals surface area contributed by atoms with Gasteiger partial charge in [0, 0.05) is 18.2 Å². The van der Waals surface area contributed by atoms with Crippen LogP contribution in [0.25, 0.3) is 0 Å². The fraction of sp³-hybridized carbons (Fsp3) is 0.417. The molecule has 0 saturated carbocycles. The van der Waals surface area contributed by atoms with Gasteiger partial charge in [-0.25, -0.2) is 0 Å². The lowest BCUT2D eigenvalue weighted by atomic mass is 10.2. The average Bonchev–Trinajstić information content (AvgIpc) is 2.80. The van der Waals surface area contributed by atoms with E-state index in [9.17, 15) is 0 Å². The fourth-order valence-corrected chi connectivity index (χ4v) is 1.55. The minimum atomic E-state index is 0.137. The van der Waals surface area contributed by atoms with Crippen LogP contribution in [0.4, 0.5) is 0 Å². The molecule has 0 radical (unpaired) electrons. The van der Waals surface area contributed by atoms with Crippen molar-refractivity contribution in [1.29, 1.82) is 0 Å². The van der Waals surface area contributed by atoms with E-state index in [0.29, 0.717) is 12.5 Å². The number of nitrogens with zero attached hydrogens (tertiary/aromatic N) is 1. The monoisotopic (exact) mass is 237 g/mol. The minimum absolute atomic E-state index is 0.137. The Morgan fingerprint density at radius 1 is 1.56 bits per heavy atom. The summed E-state index contributed by atoms with van der Waals surface area (Å²) in [7, 11) is 0. The Labute approximate surface area is 99.7 Å². The van der Waals surface area contributed by atoms with Crippen molar-refractivity contribution in [3.63, 3.8) is 0 Å². The van der Waals surface area contributed by atoms with E-state index in [-0.39, 0.29) is 6.10 Å². The SMILES string of the molecule is ClCC#Cc1cncc(OC2CCOC2)c1. The van der Waals surface area contributed by atoms with Crippen LogP contribution < -0.4 is 4.74 Å². The van der Waals surface area contributed by atoms with Gasteiger partial charge in [0.2, 0.25) is 0 Å². The largest absolute Gasteiger partial charge is 0.486 e. The maximum atomic E-state index is 5.71. The molecule has 3 nitrogen and oxygen atoms in total. The van der Waals surface area contributed by atoms with Crippen LogP contribution >= 0.6 is 11.6 Å². The number of hydrogen-bond donors (Lipinski definition) is 0. The number of pyridine rings is 1. The standard InChI is InChI=1S/C12H12ClNO2/c13-4-1-2-10-6-12(8-14-7-10)16-11-3-5-15-9-11/h6-8,11H,3-5,9H2. The van der Waals surface area contributed by atoms with Crippen LogP contribution in [0.1, 0.15) is 12.0 Å². The number of halogens is 1.